The van der Waals surface area contributed by atoms with Crippen molar-refractivity contribution in [1.82, 2.24) is 0 Å². The molecule has 3 rings (SSSR count). The summed E-state index contributed by atoms with van der Waals surface area (Å²) in [4.78, 5) is 22.0. The second-order valence-electron chi connectivity index (χ2n) is 6.10. The van der Waals surface area contributed by atoms with Crippen LogP contribution in [0.15, 0.2) is 75.9 Å². The van der Waals surface area contributed by atoms with Crippen LogP contribution in [0.25, 0.3) is 0 Å². The van der Waals surface area contributed by atoms with Gasteiger partial charge in [-0.05, 0) is 11.1 Å². The first-order valence-corrected chi connectivity index (χ1v) is 9.59. The molecule has 150 valence electrons. The topological polar surface area (TPSA) is 137 Å². The monoisotopic (exact) mass is 415 g/mol. The van der Waals surface area contributed by atoms with E-state index in [-0.39, 0.29) is 12.2 Å². The van der Waals surface area contributed by atoms with E-state index in [1.54, 1.807) is 48.5 Å². The number of thiol groups is 1. The van der Waals surface area contributed by atoms with Crippen LogP contribution < -0.4 is 15.9 Å². The van der Waals surface area contributed by atoms with Crippen molar-refractivity contribution < 1.29 is 27.5 Å². The molecule has 1 heterocycles. The maximum absolute atomic E-state index is 12.6. The van der Waals surface area contributed by atoms with Crippen molar-refractivity contribution in [3.8, 4) is 5.75 Å². The first kappa shape index (κ1) is 20.3. The summed E-state index contributed by atoms with van der Waals surface area (Å²) in [5.41, 5.74) is 6.04. The minimum absolute atomic E-state index is 0.0759. The Morgan fingerprint density at radius 3 is 2.21 bits per heavy atom. The van der Waals surface area contributed by atoms with Gasteiger partial charge in [-0.1, -0.05) is 60.7 Å². The van der Waals surface area contributed by atoms with Crippen LogP contribution in [0.5, 0.6) is 5.75 Å². The minimum atomic E-state index is -3.38. The number of aromatic carboxylic acids is 1. The van der Waals surface area contributed by atoms with Crippen LogP contribution in [0.3, 0.4) is 0 Å². The lowest BCUT2D eigenvalue weighted by Gasteiger charge is -2.23. The molecule has 0 aliphatic rings. The maximum atomic E-state index is 12.6. The molecule has 0 radical (unpaired) electrons. The zero-order valence-electron chi connectivity index (χ0n) is 15.0. The smallest absolute Gasteiger partial charge is 0.375 e. The van der Waals surface area contributed by atoms with Gasteiger partial charge < -0.3 is 20.0 Å². The first-order valence-electron chi connectivity index (χ1n) is 8.41. The largest absolute Gasteiger partial charge is 0.481 e. The molecule has 0 fully saturated rings. The predicted octanol–water partition coefficient (Wildman–Crippen LogP) is 1.69. The number of hydrogen-bond donors (Lipinski definition) is 3. The van der Waals surface area contributed by atoms with Crippen molar-refractivity contribution in [3.63, 3.8) is 0 Å². The zero-order valence-corrected chi connectivity index (χ0v) is 15.9. The summed E-state index contributed by atoms with van der Waals surface area (Å²) in [6.07, 6.45) is 0. The Morgan fingerprint density at radius 1 is 1.07 bits per heavy atom. The van der Waals surface area contributed by atoms with Crippen molar-refractivity contribution in [2.75, 3.05) is 0 Å². The Labute approximate surface area is 167 Å². The van der Waals surface area contributed by atoms with Crippen molar-refractivity contribution >= 4 is 16.7 Å². The van der Waals surface area contributed by atoms with Crippen LogP contribution in [0.4, 0.5) is 0 Å². The Kier molecular flexibility index (Phi) is 5.81. The second-order valence-corrected chi connectivity index (χ2v) is 7.32. The van der Waals surface area contributed by atoms with Gasteiger partial charge in [-0.25, -0.2) is 13.2 Å². The van der Waals surface area contributed by atoms with Gasteiger partial charge in [0.05, 0.1) is 0 Å². The van der Waals surface area contributed by atoms with E-state index in [4.69, 9.17) is 14.9 Å². The van der Waals surface area contributed by atoms with Crippen molar-refractivity contribution in [2.45, 2.75) is 11.5 Å². The minimum Gasteiger partial charge on any atom is -0.481 e. The van der Waals surface area contributed by atoms with Gasteiger partial charge in [0.15, 0.2) is 10.7 Å². The number of carboxylic acids is 1. The molecule has 0 saturated carbocycles. The molecule has 1 aromatic heterocycles. The molecular weight excluding hydrogens is 398 g/mol. The Balaban J connectivity index is 2.10. The van der Waals surface area contributed by atoms with E-state index in [9.17, 15) is 23.1 Å². The summed E-state index contributed by atoms with van der Waals surface area (Å²) in [7, 11) is -3.38. The average Bonchev–Trinajstić information content (AvgIpc) is 2.72. The summed E-state index contributed by atoms with van der Waals surface area (Å²) < 4.78 is 34.6. The van der Waals surface area contributed by atoms with E-state index in [1.807, 2.05) is 0 Å². The molecule has 29 heavy (non-hydrogen) atoms. The van der Waals surface area contributed by atoms with Gasteiger partial charge in [0.1, 0.15) is 12.4 Å². The highest BCUT2D eigenvalue weighted by molar-refractivity contribution is 7.73. The Hall–Kier alpha value is -3.43. The lowest BCUT2D eigenvalue weighted by Crippen LogP contribution is -2.40. The van der Waals surface area contributed by atoms with Gasteiger partial charge in [0, 0.05) is 6.07 Å². The van der Waals surface area contributed by atoms with Gasteiger partial charge in [-0.3, -0.25) is 4.79 Å². The van der Waals surface area contributed by atoms with Crippen LogP contribution in [0, 0.1) is 0 Å². The van der Waals surface area contributed by atoms with Crippen LogP contribution in [0.1, 0.15) is 27.4 Å². The molecule has 2 aromatic carbocycles. The first-order chi connectivity index (χ1) is 13.8. The van der Waals surface area contributed by atoms with Crippen molar-refractivity contribution in [2.24, 2.45) is 5.73 Å². The molecule has 0 aliphatic heterocycles. The fourth-order valence-electron chi connectivity index (χ4n) is 2.71. The van der Waals surface area contributed by atoms with Crippen LogP contribution in [-0.4, -0.2) is 19.5 Å². The number of benzene rings is 2. The summed E-state index contributed by atoms with van der Waals surface area (Å²) >= 11 is 0. The van der Waals surface area contributed by atoms with Crippen LogP contribution in [-0.2, 0) is 22.2 Å². The number of rotatable bonds is 7. The molecule has 0 spiro atoms. The summed E-state index contributed by atoms with van der Waals surface area (Å²) in [6, 6.07) is 17.3. The summed E-state index contributed by atoms with van der Waals surface area (Å²) in [5, 5.41) is 9.48. The van der Waals surface area contributed by atoms with Crippen molar-refractivity contribution in [3.05, 3.63) is 99.6 Å². The summed E-state index contributed by atoms with van der Waals surface area (Å²) in [6.45, 7) is -0.0759. The van der Waals surface area contributed by atoms with E-state index in [0.29, 0.717) is 5.56 Å². The van der Waals surface area contributed by atoms with Crippen molar-refractivity contribution in [1.29, 1.82) is 0 Å². The number of carbonyl (C=O) groups is 1. The third kappa shape index (κ3) is 4.05. The third-order valence-corrected chi connectivity index (χ3v) is 5.26. The lowest BCUT2D eigenvalue weighted by molar-refractivity contribution is 0.0646. The summed E-state index contributed by atoms with van der Waals surface area (Å²) in [5.74, 6) is -3.48. The van der Waals surface area contributed by atoms with Gasteiger partial charge in [0.2, 0.25) is 16.0 Å². The molecular formula is C20H17NO7S. The molecule has 0 bridgehead atoms. The third-order valence-electron chi connectivity index (χ3n) is 4.20. The molecule has 3 aromatic rings. The molecule has 1 unspecified atom stereocenters. The number of carboxylic acid groups (broad SMARTS) is 1. The lowest BCUT2D eigenvalue weighted by atomic mass is 10.0. The highest BCUT2D eigenvalue weighted by atomic mass is 32.2. The number of ether oxygens (including phenoxy) is 1. The molecule has 0 aliphatic carbocycles. The molecule has 3 N–H and O–H groups in total. The van der Waals surface area contributed by atoms with Crippen LogP contribution in [0.2, 0.25) is 0 Å². The normalized spacial score (nSPS) is 13.0. The van der Waals surface area contributed by atoms with E-state index >= 15 is 0 Å². The van der Waals surface area contributed by atoms with Gasteiger partial charge in [-0.2, -0.15) is 0 Å². The van der Waals surface area contributed by atoms with Gasteiger partial charge in [-0.15, -0.1) is 0 Å². The number of hydrogen-bond acceptors (Lipinski definition) is 7. The quantitative estimate of drug-likeness (QED) is 0.496. The Morgan fingerprint density at radius 2 is 1.66 bits per heavy atom. The van der Waals surface area contributed by atoms with Gasteiger partial charge in [0.25, 0.3) is 5.76 Å². The van der Waals surface area contributed by atoms with E-state index < -0.39 is 44.2 Å². The number of nitrogens with two attached hydrogens (primary N) is 1. The molecule has 9 heteroatoms. The standard InChI is InChI=1S/C20H17NO7S/c21-20(29(25)26,14-9-5-2-6-10-14)16-11-15(22)17(18(28-16)19(23)24)27-12-13-7-3-1-4-8-13/h1-11,29H,12,21H2,(H,23,24). The SMILES string of the molecule is NC(c1ccccc1)(c1cc(=O)c(OCc2ccccc2)c(C(=O)O)o1)[SH](=O)=O. The molecule has 0 saturated heterocycles. The fourth-order valence-corrected chi connectivity index (χ4v) is 3.36. The zero-order chi connectivity index (χ0) is 21.0. The highest BCUT2D eigenvalue weighted by Crippen LogP contribution is 2.30. The average molecular weight is 415 g/mol. The van der Waals surface area contributed by atoms with Crippen LogP contribution >= 0.6 is 0 Å². The molecule has 0 amide bonds. The fraction of sp³-hybridized carbons (Fsp3) is 0.100. The second kappa shape index (κ2) is 8.29. The predicted molar refractivity (Wildman–Crippen MR) is 104 cm³/mol. The Bertz CT molecular complexity index is 1150. The van der Waals surface area contributed by atoms with E-state index in [1.165, 1.54) is 12.1 Å². The molecule has 8 nitrogen and oxygen atoms in total. The van der Waals surface area contributed by atoms with Gasteiger partial charge >= 0.3 is 5.97 Å². The molecule has 1 atom stereocenters. The maximum Gasteiger partial charge on any atom is 0.375 e. The van der Waals surface area contributed by atoms with E-state index in [2.05, 4.69) is 0 Å². The van der Waals surface area contributed by atoms with E-state index in [0.717, 1.165) is 6.07 Å². The highest BCUT2D eigenvalue weighted by Gasteiger charge is 2.38.